The molecule has 0 bridgehead atoms. The number of carboxylic acids is 1. The lowest BCUT2D eigenvalue weighted by molar-refractivity contribution is -0.139. The maximum absolute atomic E-state index is 13.6. The Morgan fingerprint density at radius 2 is 2.24 bits per heavy atom. The van der Waals surface area contributed by atoms with Gasteiger partial charge in [-0.2, -0.15) is 0 Å². The second-order valence-corrected chi connectivity index (χ2v) is 5.19. The predicted molar refractivity (Wildman–Crippen MR) is 75.3 cm³/mol. The van der Waals surface area contributed by atoms with E-state index in [1.54, 1.807) is 0 Å². The number of rotatable bonds is 5. The van der Waals surface area contributed by atoms with E-state index in [1.807, 2.05) is 0 Å². The van der Waals surface area contributed by atoms with Crippen LogP contribution in [0.1, 0.15) is 16.1 Å². The van der Waals surface area contributed by atoms with Crippen LogP contribution in [-0.4, -0.2) is 33.0 Å². The van der Waals surface area contributed by atoms with Crippen molar-refractivity contribution in [3.05, 3.63) is 52.3 Å². The lowest BCUT2D eigenvalue weighted by Gasteiger charge is -2.14. The van der Waals surface area contributed by atoms with E-state index in [-0.39, 0.29) is 12.0 Å². The highest BCUT2D eigenvalue weighted by Gasteiger charge is 2.23. The van der Waals surface area contributed by atoms with Crippen LogP contribution in [0.15, 0.2) is 35.2 Å². The summed E-state index contributed by atoms with van der Waals surface area (Å²) in [6.45, 7) is 0. The zero-order valence-electron chi connectivity index (χ0n) is 10.6. The Hall–Kier alpha value is -2.22. The molecule has 1 aromatic carbocycles. The SMILES string of the molecule is O=C(NC(Cc1cnc[nH]1)C(=O)O)c1cc(Br)ccc1F. The van der Waals surface area contributed by atoms with Crippen LogP contribution in [-0.2, 0) is 11.2 Å². The largest absolute Gasteiger partial charge is 0.480 e. The van der Waals surface area contributed by atoms with Crippen molar-refractivity contribution in [1.82, 2.24) is 15.3 Å². The van der Waals surface area contributed by atoms with E-state index in [9.17, 15) is 14.0 Å². The number of aromatic nitrogens is 2. The van der Waals surface area contributed by atoms with Crippen LogP contribution in [0, 0.1) is 5.82 Å². The van der Waals surface area contributed by atoms with Gasteiger partial charge in [0.2, 0.25) is 0 Å². The Kier molecular flexibility index (Phi) is 4.69. The van der Waals surface area contributed by atoms with Crippen LogP contribution in [0.25, 0.3) is 0 Å². The number of hydrogen-bond donors (Lipinski definition) is 3. The minimum Gasteiger partial charge on any atom is -0.480 e. The number of carboxylic acid groups (broad SMARTS) is 1. The molecule has 8 heteroatoms. The summed E-state index contributed by atoms with van der Waals surface area (Å²) in [6.07, 6.45) is 2.89. The first-order chi connectivity index (χ1) is 9.97. The first-order valence-corrected chi connectivity index (χ1v) is 6.72. The fourth-order valence-electron chi connectivity index (χ4n) is 1.72. The summed E-state index contributed by atoms with van der Waals surface area (Å²) >= 11 is 3.13. The molecular formula is C13H11BrFN3O3. The number of aliphatic carboxylic acids is 1. The van der Waals surface area contributed by atoms with Gasteiger partial charge in [0.05, 0.1) is 11.9 Å². The van der Waals surface area contributed by atoms with E-state index in [2.05, 4.69) is 31.2 Å². The van der Waals surface area contributed by atoms with Gasteiger partial charge < -0.3 is 15.4 Å². The van der Waals surface area contributed by atoms with Crippen LogP contribution in [0.3, 0.4) is 0 Å². The van der Waals surface area contributed by atoms with Crippen molar-refractivity contribution in [3.63, 3.8) is 0 Å². The summed E-state index contributed by atoms with van der Waals surface area (Å²) < 4.78 is 14.1. The van der Waals surface area contributed by atoms with Gasteiger partial charge in [0.25, 0.3) is 5.91 Å². The van der Waals surface area contributed by atoms with Gasteiger partial charge >= 0.3 is 5.97 Å². The molecule has 0 aliphatic rings. The number of halogens is 2. The summed E-state index contributed by atoms with van der Waals surface area (Å²) in [5, 5.41) is 11.4. The average Bonchev–Trinajstić information content (AvgIpc) is 2.93. The third-order valence-electron chi connectivity index (χ3n) is 2.76. The number of carbonyl (C=O) groups excluding carboxylic acids is 1. The van der Waals surface area contributed by atoms with Crippen LogP contribution in [0.5, 0.6) is 0 Å². The molecule has 1 atom stereocenters. The fourth-order valence-corrected chi connectivity index (χ4v) is 2.08. The molecule has 21 heavy (non-hydrogen) atoms. The van der Waals surface area contributed by atoms with Gasteiger partial charge in [-0.3, -0.25) is 4.79 Å². The van der Waals surface area contributed by atoms with Crippen molar-refractivity contribution < 1.29 is 19.1 Å². The van der Waals surface area contributed by atoms with Crippen molar-refractivity contribution in [3.8, 4) is 0 Å². The third-order valence-corrected chi connectivity index (χ3v) is 3.25. The zero-order chi connectivity index (χ0) is 15.4. The molecular weight excluding hydrogens is 345 g/mol. The maximum atomic E-state index is 13.6. The number of benzene rings is 1. The summed E-state index contributed by atoms with van der Waals surface area (Å²) in [5.41, 5.74) is 0.331. The second kappa shape index (κ2) is 6.49. The van der Waals surface area contributed by atoms with Crippen molar-refractivity contribution in [2.75, 3.05) is 0 Å². The van der Waals surface area contributed by atoms with Crippen LogP contribution in [0.4, 0.5) is 4.39 Å². The van der Waals surface area contributed by atoms with Gasteiger partial charge in [0.1, 0.15) is 11.9 Å². The van der Waals surface area contributed by atoms with Gasteiger partial charge in [0, 0.05) is 22.8 Å². The molecule has 1 unspecified atom stereocenters. The number of H-pyrrole nitrogens is 1. The minimum absolute atomic E-state index is 0.0245. The molecule has 0 radical (unpaired) electrons. The van der Waals surface area contributed by atoms with E-state index >= 15 is 0 Å². The number of imidazole rings is 1. The zero-order valence-corrected chi connectivity index (χ0v) is 12.2. The molecule has 0 saturated heterocycles. The highest BCUT2D eigenvalue weighted by atomic mass is 79.9. The van der Waals surface area contributed by atoms with E-state index < -0.39 is 23.7 Å². The predicted octanol–water partition coefficient (Wildman–Crippen LogP) is 1.74. The molecule has 110 valence electrons. The Balaban J connectivity index is 2.14. The summed E-state index contributed by atoms with van der Waals surface area (Å²) in [7, 11) is 0. The van der Waals surface area contributed by atoms with Gasteiger partial charge in [0.15, 0.2) is 0 Å². The number of hydrogen-bond acceptors (Lipinski definition) is 3. The summed E-state index contributed by atoms with van der Waals surface area (Å²) in [5.74, 6) is -2.73. The fraction of sp³-hybridized carbons (Fsp3) is 0.154. The van der Waals surface area contributed by atoms with Crippen molar-refractivity contribution >= 4 is 27.8 Å². The first-order valence-electron chi connectivity index (χ1n) is 5.93. The molecule has 0 spiro atoms. The normalized spacial score (nSPS) is 11.9. The van der Waals surface area contributed by atoms with E-state index in [0.717, 1.165) is 6.07 Å². The third kappa shape index (κ3) is 3.88. The van der Waals surface area contributed by atoms with E-state index in [4.69, 9.17) is 5.11 Å². The van der Waals surface area contributed by atoms with Crippen LogP contribution >= 0.6 is 15.9 Å². The summed E-state index contributed by atoms with van der Waals surface area (Å²) in [6, 6.07) is 2.69. The first kappa shape index (κ1) is 15.2. The van der Waals surface area contributed by atoms with E-state index in [0.29, 0.717) is 10.2 Å². The topological polar surface area (TPSA) is 95.1 Å². The Labute approximate surface area is 127 Å². The lowest BCUT2D eigenvalue weighted by atomic mass is 10.1. The van der Waals surface area contributed by atoms with Crippen molar-refractivity contribution in [2.24, 2.45) is 0 Å². The van der Waals surface area contributed by atoms with Crippen LogP contribution < -0.4 is 5.32 Å². The highest BCUT2D eigenvalue weighted by Crippen LogP contribution is 2.15. The molecule has 1 aromatic heterocycles. The Bertz CT molecular complexity index is 661. The van der Waals surface area contributed by atoms with E-state index in [1.165, 1.54) is 24.7 Å². The van der Waals surface area contributed by atoms with Gasteiger partial charge in [-0.15, -0.1) is 0 Å². The maximum Gasteiger partial charge on any atom is 0.326 e. The smallest absolute Gasteiger partial charge is 0.326 e. The molecule has 6 nitrogen and oxygen atoms in total. The monoisotopic (exact) mass is 355 g/mol. The van der Waals surface area contributed by atoms with Crippen molar-refractivity contribution in [1.29, 1.82) is 0 Å². The molecule has 2 aromatic rings. The molecule has 0 aliphatic carbocycles. The van der Waals surface area contributed by atoms with Gasteiger partial charge in [-0.1, -0.05) is 15.9 Å². The standard InChI is InChI=1S/C13H11BrFN3O3/c14-7-1-2-10(15)9(3-7)12(19)18-11(13(20)21)4-8-5-16-6-17-8/h1-3,5-6,11H,4H2,(H,16,17)(H,18,19)(H,20,21). The Morgan fingerprint density at radius 3 is 2.86 bits per heavy atom. The second-order valence-electron chi connectivity index (χ2n) is 4.27. The molecule has 0 fully saturated rings. The Morgan fingerprint density at radius 1 is 1.48 bits per heavy atom. The van der Waals surface area contributed by atoms with Gasteiger partial charge in [-0.05, 0) is 18.2 Å². The van der Waals surface area contributed by atoms with Crippen molar-refractivity contribution in [2.45, 2.75) is 12.5 Å². The number of carbonyl (C=O) groups is 2. The highest BCUT2D eigenvalue weighted by molar-refractivity contribution is 9.10. The molecule has 2 rings (SSSR count). The van der Waals surface area contributed by atoms with Gasteiger partial charge in [-0.25, -0.2) is 14.2 Å². The number of nitrogens with zero attached hydrogens (tertiary/aromatic N) is 1. The molecule has 0 aliphatic heterocycles. The molecule has 1 heterocycles. The molecule has 1 amide bonds. The average molecular weight is 356 g/mol. The minimum atomic E-state index is -1.21. The number of nitrogens with one attached hydrogen (secondary N) is 2. The molecule has 0 saturated carbocycles. The lowest BCUT2D eigenvalue weighted by Crippen LogP contribution is -2.42. The quantitative estimate of drug-likeness (QED) is 0.761. The number of amides is 1. The molecule has 3 N–H and O–H groups in total. The number of aromatic amines is 1. The summed E-state index contributed by atoms with van der Waals surface area (Å²) in [4.78, 5) is 29.7. The van der Waals surface area contributed by atoms with Crippen LogP contribution in [0.2, 0.25) is 0 Å².